The fourth-order valence-electron chi connectivity index (χ4n) is 3.31. The Morgan fingerprint density at radius 2 is 1.61 bits per heavy atom. The number of carbonyl (C=O) groups excluding carboxylic acids is 1. The molecule has 3 rings (SSSR count). The van der Waals surface area contributed by atoms with Crippen LogP contribution >= 0.6 is 0 Å². The second-order valence-electron chi connectivity index (χ2n) is 7.22. The number of benzene rings is 2. The van der Waals surface area contributed by atoms with Gasteiger partial charge in [-0.2, -0.15) is 29.1 Å². The van der Waals surface area contributed by atoms with Gasteiger partial charge >= 0.3 is 0 Å². The van der Waals surface area contributed by atoms with Crippen molar-refractivity contribution in [3.63, 3.8) is 0 Å². The zero-order valence-electron chi connectivity index (χ0n) is 17.8. The third-order valence-electron chi connectivity index (χ3n) is 5.00. The first-order valence-corrected chi connectivity index (χ1v) is 11.5. The van der Waals surface area contributed by atoms with E-state index in [9.17, 15) is 13.2 Å². The molecule has 9 nitrogen and oxygen atoms in total. The maximum Gasteiger partial charge on any atom is 0.294 e. The maximum atomic E-state index is 12.9. The highest BCUT2D eigenvalue weighted by Gasteiger charge is 2.29. The lowest BCUT2D eigenvalue weighted by Gasteiger charge is -2.22. The SMILES string of the molecule is CC1=NN(c2ccc(S(=O)(=O)O)cc2)C(=O)/C1=C\c1ccc(N(CCC#N)CCC#N)cc1. The van der Waals surface area contributed by atoms with E-state index in [1.54, 1.807) is 13.0 Å². The van der Waals surface area contributed by atoms with E-state index in [0.717, 1.165) is 11.3 Å². The van der Waals surface area contributed by atoms with Gasteiger partial charge in [-0.25, -0.2) is 0 Å². The minimum atomic E-state index is -4.33. The Labute approximate surface area is 192 Å². The van der Waals surface area contributed by atoms with Crippen molar-refractivity contribution in [2.45, 2.75) is 24.7 Å². The number of nitriles is 2. The number of nitrogens with zero attached hydrogens (tertiary/aromatic N) is 5. The number of amides is 1. The molecule has 10 heteroatoms. The second kappa shape index (κ2) is 10.1. The number of rotatable bonds is 8. The molecule has 2 aromatic rings. The summed E-state index contributed by atoms with van der Waals surface area (Å²) < 4.78 is 31.5. The molecule has 0 unspecified atom stereocenters. The van der Waals surface area contributed by atoms with E-state index in [1.165, 1.54) is 29.3 Å². The van der Waals surface area contributed by atoms with Crippen molar-refractivity contribution in [1.29, 1.82) is 10.5 Å². The summed E-state index contributed by atoms with van der Waals surface area (Å²) in [6.45, 7) is 2.75. The van der Waals surface area contributed by atoms with Gasteiger partial charge < -0.3 is 4.90 Å². The van der Waals surface area contributed by atoms with Crippen molar-refractivity contribution in [3.8, 4) is 12.1 Å². The summed E-state index contributed by atoms with van der Waals surface area (Å²) in [4.78, 5) is 14.6. The predicted octanol–water partition coefficient (Wildman–Crippen LogP) is 3.37. The molecule has 0 bridgehead atoms. The van der Waals surface area contributed by atoms with Gasteiger partial charge in [-0.05, 0) is 55.0 Å². The smallest absolute Gasteiger partial charge is 0.294 e. The van der Waals surface area contributed by atoms with Gasteiger partial charge in [-0.3, -0.25) is 9.35 Å². The molecule has 0 saturated carbocycles. The molecular weight excluding hydrogens is 442 g/mol. The summed E-state index contributed by atoms with van der Waals surface area (Å²) in [5.41, 5.74) is 2.93. The van der Waals surface area contributed by atoms with Crippen LogP contribution in [0.3, 0.4) is 0 Å². The standard InChI is InChI=1S/C23H21N5O4S/c1-17-22(23(29)28(26-17)20-8-10-21(11-9-20)33(30,31)32)16-18-4-6-19(7-5-18)27(14-2-12-24)15-3-13-25/h4-11,16H,2-3,14-15H2,1H3,(H,30,31,32)/b22-16-. The van der Waals surface area contributed by atoms with Crippen molar-refractivity contribution in [2.24, 2.45) is 5.10 Å². The molecule has 168 valence electrons. The molecule has 1 aliphatic heterocycles. The first-order valence-electron chi connectivity index (χ1n) is 10.0. The van der Waals surface area contributed by atoms with Crippen LogP contribution in [0.15, 0.2) is 64.1 Å². The van der Waals surface area contributed by atoms with Crippen molar-refractivity contribution in [3.05, 3.63) is 59.7 Å². The first kappa shape index (κ1) is 23.7. The van der Waals surface area contributed by atoms with E-state index in [-0.39, 0.29) is 10.8 Å². The van der Waals surface area contributed by atoms with Crippen LogP contribution in [-0.4, -0.2) is 37.7 Å². The summed E-state index contributed by atoms with van der Waals surface area (Å²) >= 11 is 0. The summed E-state index contributed by atoms with van der Waals surface area (Å²) in [7, 11) is -4.33. The van der Waals surface area contributed by atoms with E-state index in [0.29, 0.717) is 42.9 Å². The van der Waals surface area contributed by atoms with E-state index < -0.39 is 10.1 Å². The molecule has 0 spiro atoms. The summed E-state index contributed by atoms with van der Waals surface area (Å²) in [6, 6.07) is 16.9. The first-order chi connectivity index (χ1) is 15.7. The van der Waals surface area contributed by atoms with Gasteiger partial charge in [0.1, 0.15) is 0 Å². The van der Waals surface area contributed by atoms with Crippen LogP contribution in [0.5, 0.6) is 0 Å². The fraction of sp³-hybridized carbons (Fsp3) is 0.217. The highest BCUT2D eigenvalue weighted by molar-refractivity contribution is 7.85. The molecule has 1 heterocycles. The van der Waals surface area contributed by atoms with Gasteiger partial charge in [0, 0.05) is 18.8 Å². The molecule has 2 aromatic carbocycles. The molecule has 1 N–H and O–H groups in total. The average Bonchev–Trinajstić information content (AvgIpc) is 3.08. The largest absolute Gasteiger partial charge is 0.369 e. The van der Waals surface area contributed by atoms with Gasteiger partial charge in [0.15, 0.2) is 0 Å². The molecule has 33 heavy (non-hydrogen) atoms. The molecular formula is C23H21N5O4S. The molecule has 0 fully saturated rings. The van der Waals surface area contributed by atoms with E-state index in [1.807, 2.05) is 29.2 Å². The third-order valence-corrected chi connectivity index (χ3v) is 5.87. The van der Waals surface area contributed by atoms with Gasteiger partial charge in [-0.1, -0.05) is 12.1 Å². The number of hydrazone groups is 1. The Kier molecular flexibility index (Phi) is 7.23. The van der Waals surface area contributed by atoms with Gasteiger partial charge in [0.25, 0.3) is 16.0 Å². The Hall–Kier alpha value is -3.99. The number of hydrogen-bond acceptors (Lipinski definition) is 7. The monoisotopic (exact) mass is 463 g/mol. The van der Waals surface area contributed by atoms with Gasteiger partial charge in [0.05, 0.1) is 46.8 Å². The molecule has 1 aliphatic rings. The minimum Gasteiger partial charge on any atom is -0.369 e. The lowest BCUT2D eigenvalue weighted by molar-refractivity contribution is -0.114. The summed E-state index contributed by atoms with van der Waals surface area (Å²) in [5, 5.41) is 23.2. The third kappa shape index (κ3) is 5.63. The van der Waals surface area contributed by atoms with Gasteiger partial charge in [-0.15, -0.1) is 0 Å². The molecule has 0 radical (unpaired) electrons. The Morgan fingerprint density at radius 3 is 2.12 bits per heavy atom. The molecule has 0 saturated heterocycles. The fourth-order valence-corrected chi connectivity index (χ4v) is 3.79. The topological polar surface area (TPSA) is 138 Å². The summed E-state index contributed by atoms with van der Waals surface area (Å²) in [6.07, 6.45) is 2.41. The zero-order chi connectivity index (χ0) is 24.0. The van der Waals surface area contributed by atoms with Crippen molar-refractivity contribution in [2.75, 3.05) is 23.0 Å². The van der Waals surface area contributed by atoms with E-state index >= 15 is 0 Å². The van der Waals surface area contributed by atoms with Gasteiger partial charge in [0.2, 0.25) is 0 Å². The Balaban J connectivity index is 1.80. The Bertz CT molecular complexity index is 1270. The molecule has 0 atom stereocenters. The van der Waals surface area contributed by atoms with Crippen molar-refractivity contribution in [1.82, 2.24) is 0 Å². The minimum absolute atomic E-state index is 0.270. The zero-order valence-corrected chi connectivity index (χ0v) is 18.7. The normalized spacial score (nSPS) is 14.7. The van der Waals surface area contributed by atoms with Crippen molar-refractivity contribution < 1.29 is 17.8 Å². The highest BCUT2D eigenvalue weighted by atomic mass is 32.2. The Morgan fingerprint density at radius 1 is 1.03 bits per heavy atom. The number of carbonyl (C=O) groups is 1. The number of hydrogen-bond donors (Lipinski definition) is 1. The van der Waals surface area contributed by atoms with E-state index in [4.69, 9.17) is 15.1 Å². The lowest BCUT2D eigenvalue weighted by Crippen LogP contribution is -2.25. The van der Waals surface area contributed by atoms with Crippen LogP contribution in [0.1, 0.15) is 25.3 Å². The van der Waals surface area contributed by atoms with Crippen molar-refractivity contribution >= 4 is 39.2 Å². The second-order valence-corrected chi connectivity index (χ2v) is 8.65. The lowest BCUT2D eigenvalue weighted by atomic mass is 10.1. The van der Waals surface area contributed by atoms with Crippen LogP contribution in [0.4, 0.5) is 11.4 Å². The number of anilines is 2. The summed E-state index contributed by atoms with van der Waals surface area (Å²) in [5.74, 6) is -0.360. The van der Waals surface area contributed by atoms with Crippen LogP contribution in [0.25, 0.3) is 6.08 Å². The molecule has 0 aliphatic carbocycles. The maximum absolute atomic E-state index is 12.9. The average molecular weight is 464 g/mol. The van der Waals surface area contributed by atoms with Crippen LogP contribution in [0.2, 0.25) is 0 Å². The molecule has 0 aromatic heterocycles. The van der Waals surface area contributed by atoms with Crippen LogP contribution < -0.4 is 9.91 Å². The predicted molar refractivity (Wildman–Crippen MR) is 124 cm³/mol. The molecule has 1 amide bonds. The van der Waals surface area contributed by atoms with Crippen LogP contribution in [0, 0.1) is 22.7 Å². The van der Waals surface area contributed by atoms with E-state index in [2.05, 4.69) is 17.2 Å². The highest BCUT2D eigenvalue weighted by Crippen LogP contribution is 2.26. The van der Waals surface area contributed by atoms with Crippen LogP contribution in [-0.2, 0) is 14.9 Å². The quantitative estimate of drug-likeness (QED) is 0.468.